The van der Waals surface area contributed by atoms with Gasteiger partial charge in [-0.25, -0.2) is 8.42 Å². The van der Waals surface area contributed by atoms with Crippen LogP contribution in [0.25, 0.3) is 0 Å². The largest absolute Gasteiger partial charge is 0.352 e. The zero-order valence-corrected chi connectivity index (χ0v) is 15.2. The summed E-state index contributed by atoms with van der Waals surface area (Å²) in [5, 5.41) is 6.17. The Bertz CT molecular complexity index is 467. The van der Waals surface area contributed by atoms with Gasteiger partial charge < -0.3 is 10.6 Å². The summed E-state index contributed by atoms with van der Waals surface area (Å²) in [5.74, 6) is 0.493. The first kappa shape index (κ1) is 19.7. The highest BCUT2D eigenvalue weighted by Crippen LogP contribution is 2.30. The molecule has 0 radical (unpaired) electrons. The lowest BCUT2D eigenvalue weighted by Gasteiger charge is -2.37. The van der Waals surface area contributed by atoms with Crippen molar-refractivity contribution >= 4 is 28.2 Å². The maximum atomic E-state index is 12.7. The number of amides is 1. The lowest BCUT2D eigenvalue weighted by molar-refractivity contribution is -0.125. The van der Waals surface area contributed by atoms with Crippen molar-refractivity contribution in [2.45, 2.75) is 62.7 Å². The molecule has 1 aliphatic carbocycles. The van der Waals surface area contributed by atoms with Gasteiger partial charge >= 0.3 is 0 Å². The number of nitrogens with one attached hydrogen (secondary N) is 2. The molecular formula is C15H29ClN2O3S. The van der Waals surface area contributed by atoms with E-state index < -0.39 is 14.6 Å². The molecule has 2 aliphatic rings. The van der Waals surface area contributed by atoms with E-state index in [1.54, 1.807) is 0 Å². The van der Waals surface area contributed by atoms with Gasteiger partial charge in [-0.1, -0.05) is 13.3 Å². The molecule has 130 valence electrons. The van der Waals surface area contributed by atoms with Crippen LogP contribution in [0.1, 0.15) is 51.9 Å². The number of carbonyl (C=O) groups excluding carboxylic acids is 1. The first-order valence-electron chi connectivity index (χ1n) is 8.10. The third-order valence-electron chi connectivity index (χ3n) is 5.29. The average Bonchev–Trinajstić information content (AvgIpc) is 2.47. The highest BCUT2D eigenvalue weighted by Gasteiger charge is 2.49. The van der Waals surface area contributed by atoms with Crippen molar-refractivity contribution in [3.8, 4) is 0 Å². The summed E-state index contributed by atoms with van der Waals surface area (Å²) in [4.78, 5) is 12.7. The van der Waals surface area contributed by atoms with Gasteiger partial charge in [-0.05, 0) is 57.5 Å². The average molecular weight is 353 g/mol. The predicted octanol–water partition coefficient (Wildman–Crippen LogP) is 1.66. The summed E-state index contributed by atoms with van der Waals surface area (Å²) < 4.78 is 23.2. The summed E-state index contributed by atoms with van der Waals surface area (Å²) >= 11 is 0. The van der Waals surface area contributed by atoms with Crippen LogP contribution in [0, 0.1) is 5.92 Å². The van der Waals surface area contributed by atoms with Gasteiger partial charge in [0.2, 0.25) is 5.91 Å². The Morgan fingerprint density at radius 2 is 1.73 bits per heavy atom. The molecule has 2 fully saturated rings. The van der Waals surface area contributed by atoms with E-state index in [9.17, 15) is 13.2 Å². The normalized spacial score (nSPS) is 28.5. The van der Waals surface area contributed by atoms with E-state index in [1.165, 1.54) is 12.7 Å². The molecule has 1 saturated carbocycles. The van der Waals surface area contributed by atoms with Crippen molar-refractivity contribution in [2.24, 2.45) is 5.92 Å². The van der Waals surface area contributed by atoms with Crippen LogP contribution in [-0.2, 0) is 14.6 Å². The Morgan fingerprint density at radius 1 is 1.18 bits per heavy atom. The van der Waals surface area contributed by atoms with Gasteiger partial charge in [0.05, 0.1) is 0 Å². The van der Waals surface area contributed by atoms with E-state index in [4.69, 9.17) is 0 Å². The van der Waals surface area contributed by atoms with Crippen LogP contribution in [0.3, 0.4) is 0 Å². The number of hydrogen-bond donors (Lipinski definition) is 2. The molecule has 0 atom stereocenters. The molecule has 1 amide bonds. The van der Waals surface area contributed by atoms with Gasteiger partial charge in [0.1, 0.15) is 0 Å². The maximum absolute atomic E-state index is 12.7. The quantitative estimate of drug-likeness (QED) is 0.806. The molecule has 5 nitrogen and oxygen atoms in total. The Hall–Kier alpha value is -0.330. The van der Waals surface area contributed by atoms with Crippen LogP contribution in [0.5, 0.6) is 0 Å². The number of piperidine rings is 1. The Kier molecular flexibility index (Phi) is 7.15. The third kappa shape index (κ3) is 4.15. The standard InChI is InChI=1S/C15H28N2O3S.ClH/c1-3-12-4-6-13(7-5-12)17-14(18)15(21(2,19)20)8-10-16-11-9-15;/h12-13,16H,3-11H2,1-2H3,(H,17,18);1H. The molecule has 0 spiro atoms. The molecule has 22 heavy (non-hydrogen) atoms. The van der Waals surface area contributed by atoms with Crippen LogP contribution in [0.2, 0.25) is 0 Å². The SMILES string of the molecule is CCC1CCC(NC(=O)C2(S(C)(=O)=O)CCNCC2)CC1.Cl. The van der Waals surface area contributed by atoms with Crippen molar-refractivity contribution < 1.29 is 13.2 Å². The zero-order valence-electron chi connectivity index (χ0n) is 13.6. The number of carbonyl (C=O) groups is 1. The highest BCUT2D eigenvalue weighted by atomic mass is 35.5. The molecule has 0 aromatic heterocycles. The Labute approximate surface area is 140 Å². The maximum Gasteiger partial charge on any atom is 0.241 e. The summed E-state index contributed by atoms with van der Waals surface area (Å²) in [7, 11) is -3.40. The van der Waals surface area contributed by atoms with Gasteiger partial charge in [0.25, 0.3) is 0 Å². The summed E-state index contributed by atoms with van der Waals surface area (Å²) in [6, 6.07) is 0.147. The number of halogens is 1. The van der Waals surface area contributed by atoms with Gasteiger partial charge in [0, 0.05) is 12.3 Å². The molecule has 1 saturated heterocycles. The van der Waals surface area contributed by atoms with Gasteiger partial charge in [-0.3, -0.25) is 4.79 Å². The number of sulfone groups is 1. The smallest absolute Gasteiger partial charge is 0.241 e. The third-order valence-corrected chi connectivity index (χ3v) is 7.31. The Balaban J connectivity index is 0.00000242. The molecule has 0 aromatic rings. The lowest BCUT2D eigenvalue weighted by atomic mass is 9.84. The highest BCUT2D eigenvalue weighted by molar-refractivity contribution is 7.92. The summed E-state index contributed by atoms with van der Waals surface area (Å²) in [6.07, 6.45) is 7.36. The van der Waals surface area contributed by atoms with Gasteiger partial charge in [-0.2, -0.15) is 0 Å². The lowest BCUT2D eigenvalue weighted by Crippen LogP contribution is -2.59. The van der Waals surface area contributed by atoms with E-state index in [0.29, 0.717) is 25.9 Å². The minimum atomic E-state index is -3.40. The van der Waals surface area contributed by atoms with Crippen LogP contribution in [0.4, 0.5) is 0 Å². The first-order valence-corrected chi connectivity index (χ1v) is 9.99. The second kappa shape index (κ2) is 7.97. The van der Waals surface area contributed by atoms with Crippen molar-refractivity contribution in [2.75, 3.05) is 19.3 Å². The minimum absolute atomic E-state index is 0. The molecule has 0 unspecified atom stereocenters. The Morgan fingerprint density at radius 3 is 2.18 bits per heavy atom. The van der Waals surface area contributed by atoms with Gasteiger partial charge in [-0.15, -0.1) is 12.4 Å². The molecule has 1 aliphatic heterocycles. The second-order valence-corrected chi connectivity index (χ2v) is 8.94. The van der Waals surface area contributed by atoms with Crippen molar-refractivity contribution in [3.05, 3.63) is 0 Å². The minimum Gasteiger partial charge on any atom is -0.352 e. The fourth-order valence-corrected chi connectivity index (χ4v) is 4.97. The van der Waals surface area contributed by atoms with Crippen molar-refractivity contribution in [1.82, 2.24) is 10.6 Å². The molecule has 1 heterocycles. The van der Waals surface area contributed by atoms with E-state index in [0.717, 1.165) is 31.6 Å². The van der Waals surface area contributed by atoms with Gasteiger partial charge in [0.15, 0.2) is 14.6 Å². The van der Waals surface area contributed by atoms with E-state index >= 15 is 0 Å². The second-order valence-electron chi connectivity index (χ2n) is 6.62. The van der Waals surface area contributed by atoms with Crippen LogP contribution in [-0.4, -0.2) is 44.5 Å². The van der Waals surface area contributed by atoms with E-state index in [2.05, 4.69) is 17.6 Å². The fourth-order valence-electron chi connectivity index (χ4n) is 3.63. The summed E-state index contributed by atoms with van der Waals surface area (Å²) in [5.41, 5.74) is 0. The first-order chi connectivity index (χ1) is 9.89. The predicted molar refractivity (Wildman–Crippen MR) is 91.1 cm³/mol. The fraction of sp³-hybridized carbons (Fsp3) is 0.933. The van der Waals surface area contributed by atoms with Crippen LogP contribution < -0.4 is 10.6 Å². The number of rotatable bonds is 4. The van der Waals surface area contributed by atoms with Crippen molar-refractivity contribution in [3.63, 3.8) is 0 Å². The number of hydrogen-bond acceptors (Lipinski definition) is 4. The zero-order chi connectivity index (χ0) is 15.5. The summed E-state index contributed by atoms with van der Waals surface area (Å²) in [6.45, 7) is 3.38. The molecule has 7 heteroatoms. The topological polar surface area (TPSA) is 75.3 Å². The molecule has 2 rings (SSSR count). The molecule has 0 aromatic carbocycles. The molecule has 2 N–H and O–H groups in total. The monoisotopic (exact) mass is 352 g/mol. The van der Waals surface area contributed by atoms with Crippen LogP contribution >= 0.6 is 12.4 Å². The van der Waals surface area contributed by atoms with Crippen molar-refractivity contribution in [1.29, 1.82) is 0 Å². The van der Waals surface area contributed by atoms with Crippen LogP contribution in [0.15, 0.2) is 0 Å². The van der Waals surface area contributed by atoms with E-state index in [1.807, 2.05) is 0 Å². The molecular weight excluding hydrogens is 324 g/mol. The molecule has 0 bridgehead atoms. The van der Waals surface area contributed by atoms with E-state index in [-0.39, 0.29) is 24.4 Å².